The second-order valence-corrected chi connectivity index (χ2v) is 8.66. The summed E-state index contributed by atoms with van der Waals surface area (Å²) in [6.45, 7) is 7.11. The van der Waals surface area contributed by atoms with Gasteiger partial charge in [0, 0.05) is 21.3 Å². The second-order valence-electron chi connectivity index (χ2n) is 7.81. The van der Waals surface area contributed by atoms with Gasteiger partial charge in [0.1, 0.15) is 12.1 Å². The fourth-order valence-electron chi connectivity index (χ4n) is 3.58. The van der Waals surface area contributed by atoms with Crippen LogP contribution in [-0.2, 0) is 15.1 Å². The zero-order valence-electron chi connectivity index (χ0n) is 17.2. The Labute approximate surface area is 185 Å². The molecule has 1 fully saturated rings. The minimum atomic E-state index is -1.38. The maximum absolute atomic E-state index is 13.1. The quantitative estimate of drug-likeness (QED) is 0.644. The molecule has 1 heterocycles. The topological polar surface area (TPSA) is 78.5 Å². The lowest BCUT2D eigenvalue weighted by Crippen LogP contribution is -2.42. The van der Waals surface area contributed by atoms with Crippen LogP contribution < -0.4 is 10.6 Å². The van der Waals surface area contributed by atoms with Crippen LogP contribution in [0.5, 0.6) is 0 Å². The summed E-state index contributed by atoms with van der Waals surface area (Å²) < 4.78 is 0. The van der Waals surface area contributed by atoms with Crippen LogP contribution in [0.25, 0.3) is 0 Å². The molecule has 6 nitrogen and oxygen atoms in total. The highest BCUT2D eigenvalue weighted by Crippen LogP contribution is 2.35. The SMILES string of the molecule is Cc1cccc(C(C)C)c1NC(=O)CN1C(=O)NC(C)(c2ccc(Cl)cc2Cl)C1=O. The standard InChI is InChI=1S/C22H23Cl2N3O3/c1-12(2)15-7-5-6-13(3)19(15)25-18(28)11-27-20(29)22(4,26-21(27)30)16-9-8-14(23)10-17(16)24/h5-10,12H,11H2,1-4H3,(H,25,28)(H,26,30). The Bertz CT molecular complexity index is 1040. The monoisotopic (exact) mass is 447 g/mol. The van der Waals surface area contributed by atoms with Gasteiger partial charge in [-0.3, -0.25) is 14.5 Å². The number of rotatable bonds is 5. The molecule has 2 aromatic carbocycles. The fourth-order valence-corrected chi connectivity index (χ4v) is 4.18. The maximum Gasteiger partial charge on any atom is 0.325 e. The number of nitrogens with one attached hydrogen (secondary N) is 2. The van der Waals surface area contributed by atoms with E-state index in [9.17, 15) is 14.4 Å². The summed E-state index contributed by atoms with van der Waals surface area (Å²) >= 11 is 12.2. The van der Waals surface area contributed by atoms with Gasteiger partial charge in [0.25, 0.3) is 5.91 Å². The Morgan fingerprint density at radius 2 is 1.90 bits per heavy atom. The third-order valence-electron chi connectivity index (χ3n) is 5.24. The molecule has 0 spiro atoms. The van der Waals surface area contributed by atoms with Crippen LogP contribution in [0.15, 0.2) is 36.4 Å². The van der Waals surface area contributed by atoms with E-state index >= 15 is 0 Å². The number of carbonyl (C=O) groups excluding carboxylic acids is 3. The van der Waals surface area contributed by atoms with E-state index in [0.717, 1.165) is 16.0 Å². The number of urea groups is 1. The van der Waals surface area contributed by atoms with Gasteiger partial charge in [0.15, 0.2) is 0 Å². The molecule has 0 radical (unpaired) electrons. The summed E-state index contributed by atoms with van der Waals surface area (Å²) in [5.41, 5.74) is 1.62. The van der Waals surface area contributed by atoms with Gasteiger partial charge in [-0.15, -0.1) is 0 Å². The van der Waals surface area contributed by atoms with E-state index in [-0.39, 0.29) is 10.9 Å². The number of hydrogen-bond donors (Lipinski definition) is 2. The van der Waals surface area contributed by atoms with Crippen LogP contribution >= 0.6 is 23.2 Å². The zero-order valence-corrected chi connectivity index (χ0v) is 18.7. The molecule has 0 bridgehead atoms. The van der Waals surface area contributed by atoms with Gasteiger partial charge in [0.2, 0.25) is 5.91 Å². The van der Waals surface area contributed by atoms with E-state index in [1.54, 1.807) is 19.1 Å². The van der Waals surface area contributed by atoms with Crippen molar-refractivity contribution in [1.29, 1.82) is 0 Å². The summed E-state index contributed by atoms with van der Waals surface area (Å²) in [7, 11) is 0. The average Bonchev–Trinajstić information content (AvgIpc) is 2.86. The number of para-hydroxylation sites is 1. The molecule has 0 aromatic heterocycles. The normalized spacial score (nSPS) is 18.7. The van der Waals surface area contributed by atoms with Crippen LogP contribution in [-0.4, -0.2) is 29.3 Å². The van der Waals surface area contributed by atoms with Gasteiger partial charge in [0.05, 0.1) is 0 Å². The Morgan fingerprint density at radius 3 is 2.53 bits per heavy atom. The molecule has 1 atom stereocenters. The molecule has 1 saturated heterocycles. The van der Waals surface area contributed by atoms with Crippen LogP contribution in [0.1, 0.15) is 43.4 Å². The zero-order chi connectivity index (χ0) is 22.2. The van der Waals surface area contributed by atoms with Gasteiger partial charge in [-0.25, -0.2) is 4.79 Å². The van der Waals surface area contributed by atoms with Crippen molar-refractivity contribution in [2.45, 2.75) is 39.2 Å². The van der Waals surface area contributed by atoms with Crippen LogP contribution in [0.3, 0.4) is 0 Å². The first kappa shape index (κ1) is 22.1. The average molecular weight is 448 g/mol. The van der Waals surface area contributed by atoms with E-state index < -0.39 is 29.9 Å². The van der Waals surface area contributed by atoms with E-state index in [4.69, 9.17) is 23.2 Å². The molecule has 2 aromatic rings. The van der Waals surface area contributed by atoms with Gasteiger partial charge >= 0.3 is 6.03 Å². The first-order valence-electron chi connectivity index (χ1n) is 9.53. The molecule has 1 unspecified atom stereocenters. The summed E-state index contributed by atoms with van der Waals surface area (Å²) in [6.07, 6.45) is 0. The molecule has 0 aliphatic carbocycles. The minimum Gasteiger partial charge on any atom is -0.324 e. The van der Waals surface area contributed by atoms with Crippen molar-refractivity contribution in [3.05, 3.63) is 63.1 Å². The number of aryl methyl sites for hydroxylation is 1. The van der Waals surface area contributed by atoms with Gasteiger partial charge in [-0.2, -0.15) is 0 Å². The predicted octanol–water partition coefficient (Wildman–Crippen LogP) is 4.83. The van der Waals surface area contributed by atoms with Crippen molar-refractivity contribution in [3.8, 4) is 0 Å². The maximum atomic E-state index is 13.1. The molecular formula is C22H23Cl2N3O3. The number of anilines is 1. The predicted molar refractivity (Wildman–Crippen MR) is 118 cm³/mol. The van der Waals surface area contributed by atoms with Crippen molar-refractivity contribution < 1.29 is 14.4 Å². The molecule has 0 saturated carbocycles. The molecule has 8 heteroatoms. The highest BCUT2D eigenvalue weighted by atomic mass is 35.5. The lowest BCUT2D eigenvalue weighted by atomic mass is 9.92. The molecule has 3 rings (SSSR count). The highest BCUT2D eigenvalue weighted by molar-refractivity contribution is 6.35. The molecule has 4 amide bonds. The van der Waals surface area contributed by atoms with Crippen LogP contribution in [0.4, 0.5) is 10.5 Å². The summed E-state index contributed by atoms with van der Waals surface area (Å²) in [6, 6.07) is 9.80. The Kier molecular flexibility index (Phi) is 6.11. The molecule has 158 valence electrons. The Morgan fingerprint density at radius 1 is 1.20 bits per heavy atom. The molecular weight excluding hydrogens is 425 g/mol. The van der Waals surface area contributed by atoms with Gasteiger partial charge in [-0.05, 0) is 43.0 Å². The van der Waals surface area contributed by atoms with Crippen LogP contribution in [0.2, 0.25) is 10.0 Å². The number of benzene rings is 2. The first-order chi connectivity index (χ1) is 14.0. The highest BCUT2D eigenvalue weighted by Gasteiger charge is 2.50. The summed E-state index contributed by atoms with van der Waals surface area (Å²) in [4.78, 5) is 39.2. The number of amides is 4. The van der Waals surface area contributed by atoms with Gasteiger partial charge < -0.3 is 10.6 Å². The molecule has 2 N–H and O–H groups in total. The van der Waals surface area contributed by atoms with E-state index in [1.165, 1.54) is 6.07 Å². The van der Waals surface area contributed by atoms with E-state index in [1.807, 2.05) is 39.0 Å². The molecule has 1 aliphatic heterocycles. The Balaban J connectivity index is 1.82. The first-order valence-corrected chi connectivity index (χ1v) is 10.3. The number of imide groups is 1. The third kappa shape index (κ3) is 4.02. The molecule has 1 aliphatic rings. The van der Waals surface area contributed by atoms with Crippen molar-refractivity contribution in [3.63, 3.8) is 0 Å². The van der Waals surface area contributed by atoms with E-state index in [2.05, 4.69) is 10.6 Å². The minimum absolute atomic E-state index is 0.201. The number of halogens is 2. The number of hydrogen-bond acceptors (Lipinski definition) is 3. The molecule has 30 heavy (non-hydrogen) atoms. The van der Waals surface area contributed by atoms with Crippen LogP contribution in [0, 0.1) is 6.92 Å². The summed E-state index contributed by atoms with van der Waals surface area (Å²) in [5, 5.41) is 6.18. The van der Waals surface area contributed by atoms with Gasteiger partial charge in [-0.1, -0.05) is 61.3 Å². The third-order valence-corrected chi connectivity index (χ3v) is 5.79. The smallest absolute Gasteiger partial charge is 0.324 e. The number of carbonyl (C=O) groups is 3. The van der Waals surface area contributed by atoms with Crippen molar-refractivity contribution >= 4 is 46.7 Å². The van der Waals surface area contributed by atoms with Crippen molar-refractivity contribution in [2.24, 2.45) is 0 Å². The van der Waals surface area contributed by atoms with E-state index in [0.29, 0.717) is 16.3 Å². The fraction of sp³-hybridized carbons (Fsp3) is 0.318. The lowest BCUT2D eigenvalue weighted by molar-refractivity contribution is -0.133. The van der Waals surface area contributed by atoms with Crippen molar-refractivity contribution in [1.82, 2.24) is 10.2 Å². The number of nitrogens with zero attached hydrogens (tertiary/aromatic N) is 1. The Hall–Kier alpha value is -2.57. The largest absolute Gasteiger partial charge is 0.325 e. The second kappa shape index (κ2) is 8.28. The summed E-state index contributed by atoms with van der Waals surface area (Å²) in [5.74, 6) is -0.811. The van der Waals surface area contributed by atoms with Crippen molar-refractivity contribution in [2.75, 3.05) is 11.9 Å². The lowest BCUT2D eigenvalue weighted by Gasteiger charge is -2.23.